The lowest BCUT2D eigenvalue weighted by Crippen LogP contribution is -2.15. The highest BCUT2D eigenvalue weighted by Crippen LogP contribution is 2.27. The third-order valence-electron chi connectivity index (χ3n) is 3.28. The number of para-hydroxylation sites is 1. The molecule has 0 fully saturated rings. The number of halogens is 3. The van der Waals surface area contributed by atoms with Crippen LogP contribution in [0.5, 0.6) is 5.75 Å². The maximum atomic E-state index is 13.3. The molecule has 2 N–H and O–H groups in total. The van der Waals surface area contributed by atoms with Crippen LogP contribution in [0.2, 0.25) is 0 Å². The van der Waals surface area contributed by atoms with Crippen LogP contribution in [0.4, 0.5) is 18.9 Å². The number of carbonyl (C=O) groups is 1. The molecule has 0 bridgehead atoms. The van der Waals surface area contributed by atoms with Crippen LogP contribution in [-0.2, 0) is 0 Å². The molecule has 3 rings (SSSR count). The first kappa shape index (κ1) is 15.9. The van der Waals surface area contributed by atoms with E-state index in [4.69, 9.17) is 4.74 Å². The number of carbonyl (C=O) groups excluding carboxylic acids is 1. The molecule has 24 heavy (non-hydrogen) atoms. The number of benzene rings is 2. The average Bonchev–Trinajstić information content (AvgIpc) is 3.03. The summed E-state index contributed by atoms with van der Waals surface area (Å²) in [6.07, 6.45) is -1.14. The number of hydrogen-bond donors (Lipinski definition) is 2. The summed E-state index contributed by atoms with van der Waals surface area (Å²) in [5.41, 5.74) is 0.944. The van der Waals surface area contributed by atoms with Crippen LogP contribution in [0.3, 0.4) is 0 Å². The molecule has 2 aromatic carbocycles. The Kier molecular flexibility index (Phi) is 4.37. The number of aromatic nitrogens is 2. The molecular weight excluding hydrogens is 323 g/mol. The van der Waals surface area contributed by atoms with E-state index in [1.165, 1.54) is 6.07 Å². The van der Waals surface area contributed by atoms with Crippen LogP contribution in [0.15, 0.2) is 42.6 Å². The molecule has 8 heteroatoms. The lowest BCUT2D eigenvalue weighted by atomic mass is 10.1. The summed E-state index contributed by atoms with van der Waals surface area (Å²) >= 11 is 0. The molecule has 0 aliphatic carbocycles. The van der Waals surface area contributed by atoms with Gasteiger partial charge in [0.15, 0.2) is 0 Å². The number of ether oxygens (including phenoxy) is 1. The molecular formula is C16H12F3N3O2. The van der Waals surface area contributed by atoms with Gasteiger partial charge >= 0.3 is 0 Å². The number of rotatable bonds is 5. The van der Waals surface area contributed by atoms with Crippen molar-refractivity contribution in [2.24, 2.45) is 0 Å². The lowest BCUT2D eigenvalue weighted by Gasteiger charge is -2.12. The van der Waals surface area contributed by atoms with Crippen molar-refractivity contribution in [1.29, 1.82) is 0 Å². The number of anilines is 1. The Bertz CT molecular complexity index is 880. The number of aromatic amines is 1. The van der Waals surface area contributed by atoms with Crippen molar-refractivity contribution in [2.45, 2.75) is 6.43 Å². The van der Waals surface area contributed by atoms with E-state index in [1.807, 2.05) is 0 Å². The number of hydrogen-bond acceptors (Lipinski definition) is 3. The Balaban J connectivity index is 1.87. The minimum absolute atomic E-state index is 0.0959. The lowest BCUT2D eigenvalue weighted by molar-refractivity contribution is 0.0820. The molecule has 3 aromatic rings. The Labute approximate surface area is 134 Å². The summed E-state index contributed by atoms with van der Waals surface area (Å²) in [7, 11) is 0. The largest absolute Gasteiger partial charge is 0.485 e. The van der Waals surface area contributed by atoms with Gasteiger partial charge in [0.05, 0.1) is 23.0 Å². The second-order valence-electron chi connectivity index (χ2n) is 4.94. The molecule has 1 aromatic heterocycles. The smallest absolute Gasteiger partial charge is 0.272 e. The molecule has 5 nitrogen and oxygen atoms in total. The van der Waals surface area contributed by atoms with Crippen LogP contribution in [-0.4, -0.2) is 29.1 Å². The first-order valence-electron chi connectivity index (χ1n) is 6.98. The SMILES string of the molecule is O=C(Nc1ccc(F)cc1OCC(F)F)c1cccc2cn[nH]c12. The zero-order valence-electron chi connectivity index (χ0n) is 12.2. The van der Waals surface area contributed by atoms with Gasteiger partial charge in [0.1, 0.15) is 18.2 Å². The number of amides is 1. The first-order chi connectivity index (χ1) is 11.5. The quantitative estimate of drug-likeness (QED) is 0.749. The van der Waals surface area contributed by atoms with E-state index in [2.05, 4.69) is 15.5 Å². The Hall–Kier alpha value is -3.03. The first-order valence-corrected chi connectivity index (χ1v) is 6.98. The van der Waals surface area contributed by atoms with Gasteiger partial charge in [-0.3, -0.25) is 9.89 Å². The van der Waals surface area contributed by atoms with Crippen molar-refractivity contribution >= 4 is 22.5 Å². The molecule has 0 unspecified atom stereocenters. The van der Waals surface area contributed by atoms with E-state index in [-0.39, 0.29) is 11.4 Å². The number of alkyl halides is 2. The number of fused-ring (bicyclic) bond motifs is 1. The highest BCUT2D eigenvalue weighted by atomic mass is 19.3. The summed E-state index contributed by atoms with van der Waals surface area (Å²) in [6.45, 7) is -0.900. The number of H-pyrrole nitrogens is 1. The highest BCUT2D eigenvalue weighted by molar-refractivity contribution is 6.12. The summed E-state index contributed by atoms with van der Waals surface area (Å²) in [6, 6.07) is 8.34. The van der Waals surface area contributed by atoms with Gasteiger partial charge in [0.2, 0.25) is 0 Å². The van der Waals surface area contributed by atoms with E-state index in [0.29, 0.717) is 11.1 Å². The van der Waals surface area contributed by atoms with Crippen LogP contribution in [0.1, 0.15) is 10.4 Å². The van der Waals surface area contributed by atoms with Crippen LogP contribution < -0.4 is 10.1 Å². The molecule has 0 aliphatic rings. The molecule has 0 atom stereocenters. The molecule has 0 saturated carbocycles. The summed E-state index contributed by atoms with van der Waals surface area (Å²) in [4.78, 5) is 12.4. The zero-order chi connectivity index (χ0) is 17.1. The predicted octanol–water partition coefficient (Wildman–Crippen LogP) is 3.60. The Morgan fingerprint density at radius 2 is 2.12 bits per heavy atom. The van der Waals surface area contributed by atoms with Gasteiger partial charge in [-0.2, -0.15) is 5.10 Å². The normalized spacial score (nSPS) is 11.0. The average molecular weight is 335 g/mol. The van der Waals surface area contributed by atoms with Gasteiger partial charge in [-0.05, 0) is 18.2 Å². The van der Waals surface area contributed by atoms with Gasteiger partial charge in [-0.25, -0.2) is 13.2 Å². The summed E-state index contributed by atoms with van der Waals surface area (Å²) < 4.78 is 42.8. The fourth-order valence-corrected chi connectivity index (χ4v) is 2.22. The van der Waals surface area contributed by atoms with E-state index < -0.39 is 24.8 Å². The Morgan fingerprint density at radius 3 is 2.92 bits per heavy atom. The minimum atomic E-state index is -2.71. The maximum absolute atomic E-state index is 13.3. The van der Waals surface area contributed by atoms with Crippen LogP contribution in [0, 0.1) is 5.82 Å². The van der Waals surface area contributed by atoms with E-state index >= 15 is 0 Å². The zero-order valence-corrected chi connectivity index (χ0v) is 12.2. The fourth-order valence-electron chi connectivity index (χ4n) is 2.22. The van der Waals surface area contributed by atoms with Crippen molar-refractivity contribution in [3.63, 3.8) is 0 Å². The molecule has 0 saturated heterocycles. The third kappa shape index (κ3) is 3.32. The third-order valence-corrected chi connectivity index (χ3v) is 3.28. The van der Waals surface area contributed by atoms with Crippen LogP contribution in [0.25, 0.3) is 10.9 Å². The monoisotopic (exact) mass is 335 g/mol. The second-order valence-corrected chi connectivity index (χ2v) is 4.94. The molecule has 1 amide bonds. The summed E-state index contributed by atoms with van der Waals surface area (Å²) in [5.74, 6) is -1.33. The van der Waals surface area contributed by atoms with Gasteiger partial charge in [0, 0.05) is 11.5 Å². The maximum Gasteiger partial charge on any atom is 0.272 e. The van der Waals surface area contributed by atoms with E-state index in [9.17, 15) is 18.0 Å². The molecule has 0 radical (unpaired) electrons. The number of nitrogens with zero attached hydrogens (tertiary/aromatic N) is 1. The Morgan fingerprint density at radius 1 is 1.29 bits per heavy atom. The topological polar surface area (TPSA) is 67.0 Å². The highest BCUT2D eigenvalue weighted by Gasteiger charge is 2.15. The van der Waals surface area contributed by atoms with E-state index in [0.717, 1.165) is 17.5 Å². The second kappa shape index (κ2) is 6.61. The van der Waals surface area contributed by atoms with Crippen molar-refractivity contribution < 1.29 is 22.7 Å². The van der Waals surface area contributed by atoms with Gasteiger partial charge < -0.3 is 10.1 Å². The molecule has 0 spiro atoms. The van der Waals surface area contributed by atoms with Crippen molar-refractivity contribution in [2.75, 3.05) is 11.9 Å². The van der Waals surface area contributed by atoms with Crippen molar-refractivity contribution in [3.8, 4) is 5.75 Å². The van der Waals surface area contributed by atoms with Crippen LogP contribution >= 0.6 is 0 Å². The predicted molar refractivity (Wildman–Crippen MR) is 81.9 cm³/mol. The fraction of sp³-hybridized carbons (Fsp3) is 0.125. The molecule has 0 aliphatic heterocycles. The van der Waals surface area contributed by atoms with Gasteiger partial charge in [0.25, 0.3) is 12.3 Å². The summed E-state index contributed by atoms with van der Waals surface area (Å²) in [5, 5.41) is 9.87. The van der Waals surface area contributed by atoms with Gasteiger partial charge in [-0.1, -0.05) is 12.1 Å². The standard InChI is InChI=1S/C16H12F3N3O2/c17-10-4-5-12(13(6-10)24-8-14(18)19)21-16(23)11-3-1-2-9-7-20-22-15(9)11/h1-7,14H,8H2,(H,20,22)(H,21,23). The van der Waals surface area contributed by atoms with E-state index in [1.54, 1.807) is 24.4 Å². The van der Waals surface area contributed by atoms with Crippen molar-refractivity contribution in [3.05, 3.63) is 54.0 Å². The molecule has 1 heterocycles. The molecule has 124 valence electrons. The minimum Gasteiger partial charge on any atom is -0.485 e. The van der Waals surface area contributed by atoms with Gasteiger partial charge in [-0.15, -0.1) is 0 Å². The van der Waals surface area contributed by atoms with Crippen molar-refractivity contribution in [1.82, 2.24) is 10.2 Å². The number of nitrogens with one attached hydrogen (secondary N) is 2.